The first-order valence-corrected chi connectivity index (χ1v) is 12.6. The van der Waals surface area contributed by atoms with Crippen molar-refractivity contribution < 1.29 is 26.0 Å². The van der Waals surface area contributed by atoms with Gasteiger partial charge in [0.25, 0.3) is 0 Å². The summed E-state index contributed by atoms with van der Waals surface area (Å²) in [7, 11) is -7.08. The molecular weight excluding hydrogens is 417 g/mol. The molecule has 6 nitrogen and oxygen atoms in total. The van der Waals surface area contributed by atoms with Gasteiger partial charge in [-0.15, -0.1) is 0 Å². The molecule has 1 heterocycles. The molecule has 0 saturated carbocycles. The van der Waals surface area contributed by atoms with Gasteiger partial charge in [-0.25, -0.2) is 25.5 Å². The highest BCUT2D eigenvalue weighted by Crippen LogP contribution is 2.26. The van der Waals surface area contributed by atoms with E-state index >= 15 is 0 Å². The van der Waals surface area contributed by atoms with Crippen LogP contribution >= 0.6 is 0 Å². The minimum absolute atomic E-state index is 0.0464. The number of rotatable bonds is 8. The Morgan fingerprint density at radius 3 is 2.17 bits per heavy atom. The molecule has 0 unspecified atom stereocenters. The van der Waals surface area contributed by atoms with Crippen molar-refractivity contribution in [1.29, 1.82) is 0 Å². The number of para-hydroxylation sites is 1. The van der Waals surface area contributed by atoms with Gasteiger partial charge in [-0.05, 0) is 55.7 Å². The number of sulfone groups is 1. The average molecular weight is 442 g/mol. The Hall–Kier alpha value is -1.97. The average Bonchev–Trinajstić information content (AvgIpc) is 2.72. The molecule has 3 rings (SSSR count). The molecule has 2 aromatic rings. The predicted molar refractivity (Wildman–Crippen MR) is 109 cm³/mol. The van der Waals surface area contributed by atoms with Crippen LogP contribution in [-0.4, -0.2) is 51.8 Å². The van der Waals surface area contributed by atoms with Gasteiger partial charge in [0.1, 0.15) is 11.6 Å². The molecule has 0 N–H and O–H groups in total. The van der Waals surface area contributed by atoms with Crippen LogP contribution in [0.4, 0.5) is 4.39 Å². The molecule has 0 amide bonds. The van der Waals surface area contributed by atoms with Gasteiger partial charge in [0.05, 0.1) is 22.5 Å². The van der Waals surface area contributed by atoms with E-state index in [0.29, 0.717) is 18.8 Å². The third-order valence-electron chi connectivity index (χ3n) is 4.93. The van der Waals surface area contributed by atoms with Crippen molar-refractivity contribution in [2.45, 2.75) is 29.4 Å². The summed E-state index contributed by atoms with van der Waals surface area (Å²) in [6.07, 6.45) is 0.796. The third-order valence-corrected chi connectivity index (χ3v) is 9.17. The zero-order chi connectivity index (χ0) is 20.9. The summed E-state index contributed by atoms with van der Waals surface area (Å²) in [5.74, 6) is 0.146. The summed E-state index contributed by atoms with van der Waals surface area (Å²) < 4.78 is 70.4. The van der Waals surface area contributed by atoms with Crippen LogP contribution in [0.2, 0.25) is 0 Å². The summed E-state index contributed by atoms with van der Waals surface area (Å²) in [6, 6.07) is 13.9. The van der Waals surface area contributed by atoms with Crippen LogP contribution in [0.1, 0.15) is 19.3 Å². The van der Waals surface area contributed by atoms with Crippen LogP contribution in [0.5, 0.6) is 5.75 Å². The first-order valence-electron chi connectivity index (χ1n) is 9.44. The Balaban J connectivity index is 1.50. The second-order valence-electron chi connectivity index (χ2n) is 6.93. The van der Waals surface area contributed by atoms with Gasteiger partial charge < -0.3 is 4.74 Å². The van der Waals surface area contributed by atoms with E-state index in [4.69, 9.17) is 4.74 Å². The first kappa shape index (κ1) is 21.7. The molecule has 29 heavy (non-hydrogen) atoms. The summed E-state index contributed by atoms with van der Waals surface area (Å²) in [5.41, 5.74) is 0. The van der Waals surface area contributed by atoms with Crippen LogP contribution in [0.25, 0.3) is 0 Å². The first-order chi connectivity index (χ1) is 13.8. The summed E-state index contributed by atoms with van der Waals surface area (Å²) in [6.45, 7) is 0.610. The van der Waals surface area contributed by atoms with Crippen molar-refractivity contribution >= 4 is 19.9 Å². The number of halogens is 1. The zero-order valence-electron chi connectivity index (χ0n) is 15.9. The maximum Gasteiger partial charge on any atom is 0.214 e. The van der Waals surface area contributed by atoms with Crippen molar-refractivity contribution in [3.63, 3.8) is 0 Å². The number of hydrogen-bond donors (Lipinski definition) is 0. The lowest BCUT2D eigenvalue weighted by Crippen LogP contribution is -2.43. The molecule has 0 bridgehead atoms. The smallest absolute Gasteiger partial charge is 0.214 e. The van der Waals surface area contributed by atoms with E-state index in [-0.39, 0.29) is 36.6 Å². The summed E-state index contributed by atoms with van der Waals surface area (Å²) in [5, 5.41) is -0.666. The fourth-order valence-electron chi connectivity index (χ4n) is 3.31. The molecule has 2 aromatic carbocycles. The van der Waals surface area contributed by atoms with Gasteiger partial charge in [-0.1, -0.05) is 18.2 Å². The Bertz CT molecular complexity index is 1000. The van der Waals surface area contributed by atoms with Gasteiger partial charge in [-0.2, -0.15) is 0 Å². The molecule has 9 heteroatoms. The third kappa shape index (κ3) is 5.55. The number of nitrogens with zero attached hydrogens (tertiary/aromatic N) is 1. The van der Waals surface area contributed by atoms with Crippen molar-refractivity contribution in [3.05, 3.63) is 60.4 Å². The van der Waals surface area contributed by atoms with E-state index in [9.17, 15) is 21.2 Å². The van der Waals surface area contributed by atoms with Crippen LogP contribution < -0.4 is 4.74 Å². The monoisotopic (exact) mass is 441 g/mol. The Morgan fingerprint density at radius 2 is 1.55 bits per heavy atom. The highest BCUT2D eigenvalue weighted by Gasteiger charge is 2.34. The number of hydrogen-bond acceptors (Lipinski definition) is 5. The number of ether oxygens (including phenoxy) is 1. The van der Waals surface area contributed by atoms with Crippen molar-refractivity contribution in [1.82, 2.24) is 4.31 Å². The second-order valence-corrected chi connectivity index (χ2v) is 11.2. The van der Waals surface area contributed by atoms with Crippen molar-refractivity contribution in [2.75, 3.05) is 25.4 Å². The Kier molecular flexibility index (Phi) is 6.92. The molecular formula is C20H24FNO5S2. The molecule has 0 atom stereocenters. The van der Waals surface area contributed by atoms with Crippen molar-refractivity contribution in [2.24, 2.45) is 0 Å². The molecule has 1 saturated heterocycles. The highest BCUT2D eigenvalue weighted by atomic mass is 32.2. The van der Waals surface area contributed by atoms with Crippen LogP contribution in [0.3, 0.4) is 0 Å². The van der Waals surface area contributed by atoms with Gasteiger partial charge >= 0.3 is 0 Å². The molecule has 1 fully saturated rings. The van der Waals surface area contributed by atoms with Crippen LogP contribution in [0, 0.1) is 5.82 Å². The molecule has 158 valence electrons. The van der Waals surface area contributed by atoms with E-state index in [1.54, 1.807) is 12.1 Å². The lowest BCUT2D eigenvalue weighted by Gasteiger charge is -2.31. The topological polar surface area (TPSA) is 80.8 Å². The highest BCUT2D eigenvalue weighted by molar-refractivity contribution is 7.92. The van der Waals surface area contributed by atoms with Gasteiger partial charge in [0.2, 0.25) is 10.0 Å². The van der Waals surface area contributed by atoms with E-state index in [2.05, 4.69) is 0 Å². The lowest BCUT2D eigenvalue weighted by molar-refractivity contribution is 0.312. The number of benzene rings is 2. The van der Waals surface area contributed by atoms with E-state index in [1.807, 2.05) is 18.2 Å². The largest absolute Gasteiger partial charge is 0.494 e. The predicted octanol–water partition coefficient (Wildman–Crippen LogP) is 2.86. The number of sulfonamides is 1. The van der Waals surface area contributed by atoms with Crippen LogP contribution in [0.15, 0.2) is 59.5 Å². The SMILES string of the molecule is O=S(=O)(c1ccc(F)cc1)C1CCN(S(=O)(=O)CCCOc2ccccc2)CC1. The van der Waals surface area contributed by atoms with Crippen LogP contribution in [-0.2, 0) is 19.9 Å². The summed E-state index contributed by atoms with van der Waals surface area (Å²) in [4.78, 5) is 0.0678. The normalized spacial score (nSPS) is 16.6. The number of piperidine rings is 1. The van der Waals surface area contributed by atoms with E-state index in [1.165, 1.54) is 16.4 Å². The molecule has 1 aliphatic heterocycles. The molecule has 0 aromatic heterocycles. The lowest BCUT2D eigenvalue weighted by atomic mass is 10.2. The quantitative estimate of drug-likeness (QED) is 0.465. The summed E-state index contributed by atoms with van der Waals surface area (Å²) >= 11 is 0. The minimum atomic E-state index is -3.61. The van der Waals surface area contributed by atoms with E-state index in [0.717, 1.165) is 12.1 Å². The fraction of sp³-hybridized carbons (Fsp3) is 0.400. The standard InChI is InChI=1S/C20H24FNO5S2/c21-17-7-9-19(10-8-17)29(25,26)20-11-13-22(14-12-20)28(23,24)16-4-15-27-18-5-2-1-3-6-18/h1-3,5-10,20H,4,11-16H2. The minimum Gasteiger partial charge on any atom is -0.494 e. The maximum absolute atomic E-state index is 13.0. The maximum atomic E-state index is 13.0. The van der Waals surface area contributed by atoms with Gasteiger partial charge in [-0.3, -0.25) is 0 Å². The molecule has 0 radical (unpaired) electrons. The van der Waals surface area contributed by atoms with E-state index < -0.39 is 30.9 Å². The second kappa shape index (κ2) is 9.23. The molecule has 1 aliphatic rings. The van der Waals surface area contributed by atoms with Gasteiger partial charge in [0.15, 0.2) is 9.84 Å². The van der Waals surface area contributed by atoms with Crippen molar-refractivity contribution in [3.8, 4) is 5.75 Å². The molecule has 0 spiro atoms. The Morgan fingerprint density at radius 1 is 0.931 bits per heavy atom. The van der Waals surface area contributed by atoms with Gasteiger partial charge in [0, 0.05) is 13.1 Å². The fourth-order valence-corrected chi connectivity index (χ4v) is 6.55. The Labute approximate surface area is 171 Å². The zero-order valence-corrected chi connectivity index (χ0v) is 17.5. The molecule has 0 aliphatic carbocycles.